The molecule has 1 aliphatic rings. The lowest BCUT2D eigenvalue weighted by Gasteiger charge is -2.29. The number of rotatable bonds is 6. The fourth-order valence-electron chi connectivity index (χ4n) is 2.96. The maximum Gasteiger partial charge on any atom is 0.270 e. The number of carbonyl (C=O) groups excluding carboxylic acids is 1. The van der Waals surface area contributed by atoms with Crippen LogP contribution in [0.2, 0.25) is 0 Å². The SMILES string of the molecule is COc1ccc(N(C(=O)c2cccc([N+](=O)[O-])c2)[C@H](C)C2CC2)cc1. The standard InChI is InChI=1S/C19H20N2O4/c1-13(14-6-7-14)20(16-8-10-18(25-2)11-9-16)19(22)15-4-3-5-17(12-15)21(23)24/h3-5,8-14H,6-7H2,1-2H3/t13-/m1/s1. The fraction of sp³-hybridized carbons (Fsp3) is 0.316. The van der Waals surface area contributed by atoms with Crippen molar-refractivity contribution in [2.24, 2.45) is 5.92 Å². The first-order chi connectivity index (χ1) is 12.0. The molecular weight excluding hydrogens is 320 g/mol. The van der Waals surface area contributed by atoms with E-state index in [9.17, 15) is 14.9 Å². The summed E-state index contributed by atoms with van der Waals surface area (Å²) in [7, 11) is 1.59. The molecule has 0 spiro atoms. The second-order valence-corrected chi connectivity index (χ2v) is 6.26. The lowest BCUT2D eigenvalue weighted by molar-refractivity contribution is -0.384. The third kappa shape index (κ3) is 3.63. The molecule has 0 N–H and O–H groups in total. The van der Waals surface area contributed by atoms with Crippen LogP contribution in [-0.2, 0) is 0 Å². The Kier molecular flexibility index (Phi) is 4.70. The van der Waals surface area contributed by atoms with E-state index in [1.54, 1.807) is 24.1 Å². The van der Waals surface area contributed by atoms with E-state index in [2.05, 4.69) is 0 Å². The molecular formula is C19H20N2O4. The van der Waals surface area contributed by atoms with Gasteiger partial charge >= 0.3 is 0 Å². The van der Waals surface area contributed by atoms with Crippen molar-refractivity contribution in [1.82, 2.24) is 0 Å². The predicted molar refractivity (Wildman–Crippen MR) is 95.1 cm³/mol. The molecule has 1 aliphatic carbocycles. The van der Waals surface area contributed by atoms with Crippen molar-refractivity contribution in [3.63, 3.8) is 0 Å². The fourth-order valence-corrected chi connectivity index (χ4v) is 2.96. The zero-order valence-corrected chi connectivity index (χ0v) is 14.2. The van der Waals surface area contributed by atoms with Crippen LogP contribution in [0.5, 0.6) is 5.75 Å². The van der Waals surface area contributed by atoms with Crippen LogP contribution in [0.25, 0.3) is 0 Å². The summed E-state index contributed by atoms with van der Waals surface area (Å²) in [6.07, 6.45) is 2.19. The van der Waals surface area contributed by atoms with Gasteiger partial charge in [-0.3, -0.25) is 14.9 Å². The molecule has 0 bridgehead atoms. The van der Waals surface area contributed by atoms with Crippen LogP contribution < -0.4 is 9.64 Å². The minimum absolute atomic E-state index is 0.0279. The molecule has 1 atom stereocenters. The van der Waals surface area contributed by atoms with Crippen molar-refractivity contribution < 1.29 is 14.5 Å². The third-order valence-electron chi connectivity index (χ3n) is 4.58. The van der Waals surface area contributed by atoms with Crippen LogP contribution in [-0.4, -0.2) is 24.0 Å². The molecule has 0 aromatic heterocycles. The van der Waals surface area contributed by atoms with E-state index < -0.39 is 4.92 Å². The highest BCUT2D eigenvalue weighted by atomic mass is 16.6. The van der Waals surface area contributed by atoms with E-state index in [-0.39, 0.29) is 17.6 Å². The molecule has 1 fully saturated rings. The molecule has 1 saturated carbocycles. The number of amides is 1. The van der Waals surface area contributed by atoms with Gasteiger partial charge in [-0.15, -0.1) is 0 Å². The number of anilines is 1. The van der Waals surface area contributed by atoms with Crippen molar-refractivity contribution in [3.05, 3.63) is 64.2 Å². The largest absolute Gasteiger partial charge is 0.497 e. The van der Waals surface area contributed by atoms with Gasteiger partial charge in [0, 0.05) is 29.4 Å². The Morgan fingerprint density at radius 1 is 1.24 bits per heavy atom. The first kappa shape index (κ1) is 17.0. The zero-order chi connectivity index (χ0) is 18.0. The zero-order valence-electron chi connectivity index (χ0n) is 14.2. The van der Waals surface area contributed by atoms with Gasteiger partial charge < -0.3 is 9.64 Å². The molecule has 0 unspecified atom stereocenters. The van der Waals surface area contributed by atoms with Gasteiger partial charge in [-0.25, -0.2) is 0 Å². The molecule has 130 valence electrons. The third-order valence-corrected chi connectivity index (χ3v) is 4.58. The summed E-state index contributed by atoms with van der Waals surface area (Å²) in [4.78, 5) is 25.4. The van der Waals surface area contributed by atoms with Crippen LogP contribution in [0.15, 0.2) is 48.5 Å². The second kappa shape index (κ2) is 6.93. The van der Waals surface area contributed by atoms with E-state index in [0.29, 0.717) is 17.2 Å². The van der Waals surface area contributed by atoms with Gasteiger partial charge in [0.05, 0.1) is 12.0 Å². The number of nitrogens with zero attached hydrogens (tertiary/aromatic N) is 2. The molecule has 0 aliphatic heterocycles. The van der Waals surface area contributed by atoms with Gasteiger partial charge in [-0.1, -0.05) is 6.07 Å². The van der Waals surface area contributed by atoms with Gasteiger partial charge in [0.1, 0.15) is 5.75 Å². The average Bonchev–Trinajstić information content (AvgIpc) is 3.47. The van der Waals surface area contributed by atoms with E-state index in [4.69, 9.17) is 4.74 Å². The topological polar surface area (TPSA) is 72.7 Å². The number of hydrogen-bond acceptors (Lipinski definition) is 4. The Morgan fingerprint density at radius 3 is 2.48 bits per heavy atom. The highest BCUT2D eigenvalue weighted by Crippen LogP contribution is 2.38. The van der Waals surface area contributed by atoms with Gasteiger partial charge in [0.15, 0.2) is 0 Å². The summed E-state index contributed by atoms with van der Waals surface area (Å²) in [6, 6.07) is 13.2. The Labute approximate surface area is 146 Å². The summed E-state index contributed by atoms with van der Waals surface area (Å²) >= 11 is 0. The van der Waals surface area contributed by atoms with Crippen LogP contribution in [0.4, 0.5) is 11.4 Å². The Bertz CT molecular complexity index is 784. The maximum absolute atomic E-state index is 13.1. The van der Waals surface area contributed by atoms with E-state index in [1.807, 2.05) is 31.2 Å². The first-order valence-corrected chi connectivity index (χ1v) is 8.23. The van der Waals surface area contributed by atoms with E-state index in [0.717, 1.165) is 18.5 Å². The summed E-state index contributed by atoms with van der Waals surface area (Å²) < 4.78 is 5.18. The Hall–Kier alpha value is -2.89. The highest BCUT2D eigenvalue weighted by Gasteiger charge is 2.35. The van der Waals surface area contributed by atoms with E-state index >= 15 is 0 Å². The van der Waals surface area contributed by atoms with Gasteiger partial charge in [0.2, 0.25) is 0 Å². The van der Waals surface area contributed by atoms with Crippen molar-refractivity contribution in [3.8, 4) is 5.75 Å². The van der Waals surface area contributed by atoms with E-state index in [1.165, 1.54) is 12.1 Å². The molecule has 6 nitrogen and oxygen atoms in total. The maximum atomic E-state index is 13.1. The summed E-state index contributed by atoms with van der Waals surface area (Å²) in [5, 5.41) is 11.0. The minimum atomic E-state index is -0.487. The monoisotopic (exact) mass is 340 g/mol. The Balaban J connectivity index is 1.97. The first-order valence-electron chi connectivity index (χ1n) is 8.23. The van der Waals surface area contributed by atoms with Crippen LogP contribution in [0, 0.1) is 16.0 Å². The molecule has 25 heavy (non-hydrogen) atoms. The molecule has 1 amide bonds. The van der Waals surface area contributed by atoms with Gasteiger partial charge in [0.25, 0.3) is 11.6 Å². The Morgan fingerprint density at radius 2 is 1.92 bits per heavy atom. The molecule has 3 rings (SSSR count). The van der Waals surface area contributed by atoms with Crippen molar-refractivity contribution >= 4 is 17.3 Å². The number of nitro benzene ring substituents is 1. The molecule has 0 heterocycles. The molecule has 6 heteroatoms. The van der Waals surface area contributed by atoms with Gasteiger partial charge in [-0.2, -0.15) is 0 Å². The summed E-state index contributed by atoms with van der Waals surface area (Å²) in [6.45, 7) is 2.02. The number of nitro groups is 1. The van der Waals surface area contributed by atoms with Crippen LogP contribution in [0.3, 0.4) is 0 Å². The number of ether oxygens (including phenoxy) is 1. The average molecular weight is 340 g/mol. The molecule has 0 saturated heterocycles. The lowest BCUT2D eigenvalue weighted by atomic mass is 10.1. The number of hydrogen-bond donors (Lipinski definition) is 0. The molecule has 2 aromatic rings. The van der Waals surface area contributed by atoms with Gasteiger partial charge in [-0.05, 0) is 56.0 Å². The number of carbonyl (C=O) groups is 1. The number of methoxy groups -OCH3 is 1. The van der Waals surface area contributed by atoms with Crippen molar-refractivity contribution in [1.29, 1.82) is 0 Å². The quantitative estimate of drug-likeness (QED) is 0.587. The lowest BCUT2D eigenvalue weighted by Crippen LogP contribution is -2.40. The molecule has 2 aromatic carbocycles. The summed E-state index contributed by atoms with van der Waals surface area (Å²) in [5.74, 6) is 0.948. The number of non-ortho nitro benzene ring substituents is 1. The predicted octanol–water partition coefficient (Wildman–Crippen LogP) is 4.05. The second-order valence-electron chi connectivity index (χ2n) is 6.26. The minimum Gasteiger partial charge on any atom is -0.497 e. The van der Waals surface area contributed by atoms with Crippen molar-refractivity contribution in [2.75, 3.05) is 12.0 Å². The smallest absolute Gasteiger partial charge is 0.270 e. The van der Waals surface area contributed by atoms with Crippen LogP contribution >= 0.6 is 0 Å². The molecule has 0 radical (unpaired) electrons. The normalized spacial score (nSPS) is 14.6. The highest BCUT2D eigenvalue weighted by molar-refractivity contribution is 6.06. The van der Waals surface area contributed by atoms with Crippen LogP contribution in [0.1, 0.15) is 30.1 Å². The number of benzene rings is 2. The van der Waals surface area contributed by atoms with Crippen molar-refractivity contribution in [2.45, 2.75) is 25.8 Å². The summed E-state index contributed by atoms with van der Waals surface area (Å²) in [5.41, 5.74) is 0.994.